The molecule has 0 saturated carbocycles. The lowest BCUT2D eigenvalue weighted by Crippen LogP contribution is -2.13. The van der Waals surface area contributed by atoms with Crippen molar-refractivity contribution in [2.45, 2.75) is 13.2 Å². The average Bonchev–Trinajstić information content (AvgIpc) is 2.46. The minimum absolute atomic E-state index is 0.425. The second-order valence-electron chi connectivity index (χ2n) is 4.44. The number of anilines is 2. The zero-order valence-corrected chi connectivity index (χ0v) is 11.1. The molecule has 0 spiro atoms. The molecule has 19 heavy (non-hydrogen) atoms. The van der Waals surface area contributed by atoms with Crippen LogP contribution in [0.15, 0.2) is 36.5 Å². The number of nitrogens with one attached hydrogen (secondary N) is 1. The largest absolute Gasteiger partial charge is 0.366 e. The first kappa shape index (κ1) is 13.3. The summed E-state index contributed by atoms with van der Waals surface area (Å²) >= 11 is 0. The quantitative estimate of drug-likeness (QED) is 0.897. The van der Waals surface area contributed by atoms with Crippen LogP contribution in [0.1, 0.15) is 11.1 Å². The Bertz CT molecular complexity index is 525. The number of benzene rings is 1. The first-order valence-corrected chi connectivity index (χ1v) is 6.07. The standard InChI is InChI=1S/C14H17FN4/c1-19(2)14-16-8-7-13(18-14)17-10-12-5-3-11(9-15)4-6-12/h3-8H,9-10H2,1-2H3,(H,16,17,18). The Labute approximate surface area is 112 Å². The van der Waals surface area contributed by atoms with Crippen LogP contribution in [0, 0.1) is 0 Å². The molecule has 5 heteroatoms. The molecule has 1 heterocycles. The van der Waals surface area contributed by atoms with Crippen molar-refractivity contribution >= 4 is 11.8 Å². The minimum Gasteiger partial charge on any atom is -0.366 e. The molecule has 2 rings (SSSR count). The molecule has 0 amide bonds. The highest BCUT2D eigenvalue weighted by Crippen LogP contribution is 2.11. The molecule has 0 aliphatic heterocycles. The van der Waals surface area contributed by atoms with Crippen LogP contribution in [0.2, 0.25) is 0 Å². The predicted octanol–water partition coefficient (Wildman–Crippen LogP) is 2.62. The molecule has 0 bridgehead atoms. The molecular weight excluding hydrogens is 243 g/mol. The molecule has 100 valence electrons. The van der Waals surface area contributed by atoms with E-state index >= 15 is 0 Å². The van der Waals surface area contributed by atoms with Gasteiger partial charge in [-0.3, -0.25) is 0 Å². The van der Waals surface area contributed by atoms with Gasteiger partial charge in [0.25, 0.3) is 0 Å². The molecule has 0 fully saturated rings. The van der Waals surface area contributed by atoms with E-state index in [2.05, 4.69) is 15.3 Å². The van der Waals surface area contributed by atoms with Gasteiger partial charge in [0.2, 0.25) is 5.95 Å². The Morgan fingerprint density at radius 3 is 2.42 bits per heavy atom. The number of aromatic nitrogens is 2. The van der Waals surface area contributed by atoms with E-state index in [1.165, 1.54) is 0 Å². The SMILES string of the molecule is CN(C)c1nccc(NCc2ccc(CF)cc2)n1. The minimum atomic E-state index is -0.425. The Morgan fingerprint density at radius 1 is 1.11 bits per heavy atom. The first-order valence-electron chi connectivity index (χ1n) is 6.07. The summed E-state index contributed by atoms with van der Waals surface area (Å²) in [6, 6.07) is 9.24. The first-order chi connectivity index (χ1) is 9.19. The fraction of sp³-hybridized carbons (Fsp3) is 0.286. The van der Waals surface area contributed by atoms with E-state index in [9.17, 15) is 4.39 Å². The van der Waals surface area contributed by atoms with Crippen molar-refractivity contribution in [2.24, 2.45) is 0 Å². The monoisotopic (exact) mass is 260 g/mol. The van der Waals surface area contributed by atoms with E-state index in [0.29, 0.717) is 18.1 Å². The van der Waals surface area contributed by atoms with Gasteiger partial charge < -0.3 is 10.2 Å². The lowest BCUT2D eigenvalue weighted by atomic mass is 10.1. The van der Waals surface area contributed by atoms with Crippen molar-refractivity contribution in [3.05, 3.63) is 47.7 Å². The topological polar surface area (TPSA) is 41.1 Å². The lowest BCUT2D eigenvalue weighted by molar-refractivity contribution is 0.485. The summed E-state index contributed by atoms with van der Waals surface area (Å²) in [5, 5.41) is 3.22. The second-order valence-corrected chi connectivity index (χ2v) is 4.44. The molecule has 1 aromatic heterocycles. The third kappa shape index (κ3) is 3.64. The van der Waals surface area contributed by atoms with Gasteiger partial charge in [-0.1, -0.05) is 24.3 Å². The van der Waals surface area contributed by atoms with E-state index in [0.717, 1.165) is 11.4 Å². The summed E-state index contributed by atoms with van der Waals surface area (Å²) in [7, 11) is 3.80. The van der Waals surface area contributed by atoms with E-state index in [4.69, 9.17) is 0 Å². The highest BCUT2D eigenvalue weighted by Gasteiger charge is 2.01. The maximum absolute atomic E-state index is 12.4. The van der Waals surface area contributed by atoms with Gasteiger partial charge in [-0.2, -0.15) is 4.98 Å². The van der Waals surface area contributed by atoms with Crippen LogP contribution in [-0.2, 0) is 13.2 Å². The zero-order valence-electron chi connectivity index (χ0n) is 11.1. The third-order valence-corrected chi connectivity index (χ3v) is 2.69. The van der Waals surface area contributed by atoms with Crippen molar-refractivity contribution in [1.29, 1.82) is 0 Å². The van der Waals surface area contributed by atoms with Gasteiger partial charge in [-0.05, 0) is 17.2 Å². The van der Waals surface area contributed by atoms with Crippen molar-refractivity contribution in [1.82, 2.24) is 9.97 Å². The molecule has 0 aliphatic carbocycles. The van der Waals surface area contributed by atoms with Gasteiger partial charge in [0.1, 0.15) is 12.5 Å². The van der Waals surface area contributed by atoms with Crippen molar-refractivity contribution in [3.63, 3.8) is 0 Å². The summed E-state index contributed by atoms with van der Waals surface area (Å²) in [5.41, 5.74) is 1.78. The van der Waals surface area contributed by atoms with Crippen LogP contribution in [0.3, 0.4) is 0 Å². The van der Waals surface area contributed by atoms with Crippen LogP contribution in [-0.4, -0.2) is 24.1 Å². The Balaban J connectivity index is 1.99. The lowest BCUT2D eigenvalue weighted by Gasteiger charge is -2.11. The van der Waals surface area contributed by atoms with E-state index < -0.39 is 6.67 Å². The van der Waals surface area contributed by atoms with E-state index in [1.54, 1.807) is 18.3 Å². The maximum atomic E-state index is 12.4. The predicted molar refractivity (Wildman–Crippen MR) is 74.9 cm³/mol. The van der Waals surface area contributed by atoms with Crippen LogP contribution in [0.25, 0.3) is 0 Å². The number of hydrogen-bond acceptors (Lipinski definition) is 4. The molecule has 1 N–H and O–H groups in total. The summed E-state index contributed by atoms with van der Waals surface area (Å²) in [5.74, 6) is 1.44. The average molecular weight is 260 g/mol. The molecule has 0 atom stereocenters. The number of rotatable bonds is 5. The highest BCUT2D eigenvalue weighted by molar-refractivity contribution is 5.41. The van der Waals surface area contributed by atoms with Gasteiger partial charge in [0.05, 0.1) is 0 Å². The Morgan fingerprint density at radius 2 is 1.79 bits per heavy atom. The molecule has 2 aromatic rings. The van der Waals surface area contributed by atoms with Gasteiger partial charge in [0.15, 0.2) is 0 Å². The van der Waals surface area contributed by atoms with Crippen LogP contribution >= 0.6 is 0 Å². The van der Waals surface area contributed by atoms with Crippen LogP contribution < -0.4 is 10.2 Å². The molecule has 1 aromatic carbocycles. The summed E-state index contributed by atoms with van der Waals surface area (Å²) < 4.78 is 12.4. The molecule has 0 unspecified atom stereocenters. The molecular formula is C14H17FN4. The maximum Gasteiger partial charge on any atom is 0.226 e. The van der Waals surface area contributed by atoms with Crippen molar-refractivity contribution in [2.75, 3.05) is 24.3 Å². The normalized spacial score (nSPS) is 10.3. The Hall–Kier alpha value is -2.17. The number of halogens is 1. The fourth-order valence-corrected chi connectivity index (χ4v) is 1.60. The van der Waals surface area contributed by atoms with Gasteiger partial charge in [-0.15, -0.1) is 0 Å². The van der Waals surface area contributed by atoms with Crippen molar-refractivity contribution < 1.29 is 4.39 Å². The summed E-state index contributed by atoms with van der Waals surface area (Å²) in [6.07, 6.45) is 1.72. The molecule has 0 aliphatic rings. The zero-order chi connectivity index (χ0) is 13.7. The number of nitrogens with zero attached hydrogens (tertiary/aromatic N) is 3. The second kappa shape index (κ2) is 6.13. The van der Waals surface area contributed by atoms with E-state index in [-0.39, 0.29) is 0 Å². The van der Waals surface area contributed by atoms with Crippen LogP contribution in [0.4, 0.5) is 16.2 Å². The molecule has 4 nitrogen and oxygen atoms in total. The molecule has 0 radical (unpaired) electrons. The fourth-order valence-electron chi connectivity index (χ4n) is 1.60. The summed E-state index contributed by atoms with van der Waals surface area (Å²) in [6.45, 7) is 0.224. The van der Waals surface area contributed by atoms with Gasteiger partial charge in [-0.25, -0.2) is 9.37 Å². The highest BCUT2D eigenvalue weighted by atomic mass is 19.1. The van der Waals surface area contributed by atoms with Crippen molar-refractivity contribution in [3.8, 4) is 0 Å². The Kier molecular flexibility index (Phi) is 4.28. The van der Waals surface area contributed by atoms with Gasteiger partial charge >= 0.3 is 0 Å². The summed E-state index contributed by atoms with van der Waals surface area (Å²) in [4.78, 5) is 10.4. The van der Waals surface area contributed by atoms with Crippen LogP contribution in [0.5, 0.6) is 0 Å². The third-order valence-electron chi connectivity index (χ3n) is 2.69. The molecule has 0 saturated heterocycles. The number of hydrogen-bond donors (Lipinski definition) is 1. The smallest absolute Gasteiger partial charge is 0.226 e. The number of alkyl halides is 1. The van der Waals surface area contributed by atoms with Gasteiger partial charge in [0, 0.05) is 26.8 Å². The van der Waals surface area contributed by atoms with E-state index in [1.807, 2.05) is 37.2 Å².